The van der Waals surface area contributed by atoms with Crippen molar-refractivity contribution >= 4 is 17.2 Å². The third-order valence-electron chi connectivity index (χ3n) is 0.617. The van der Waals surface area contributed by atoms with Gasteiger partial charge in [-0.1, -0.05) is 13.8 Å². The van der Waals surface area contributed by atoms with Gasteiger partial charge in [0.25, 0.3) is 0 Å². The van der Waals surface area contributed by atoms with E-state index in [1.54, 1.807) is 6.08 Å². The molecule has 8 heteroatoms. The van der Waals surface area contributed by atoms with Crippen LogP contribution < -0.4 is 0 Å². The molecule has 0 amide bonds. The van der Waals surface area contributed by atoms with Crippen LogP contribution in [0.25, 0.3) is 0 Å². The minimum Gasteiger partial charge on any atom is -0.516 e. The van der Waals surface area contributed by atoms with Crippen LogP contribution in [0.2, 0.25) is 0 Å². The van der Waals surface area contributed by atoms with Crippen LogP contribution in [-0.4, -0.2) is 24.7 Å². The molecular weight excluding hydrogens is 218 g/mol. The number of hydrogen-bond donors (Lipinski definition) is 5. The molecule has 0 radical (unpaired) electrons. The molecule has 0 fully saturated rings. The molecule has 0 saturated heterocycles. The zero-order valence-corrected chi connectivity index (χ0v) is 9.06. The monoisotopic (exact) mass is 232 g/mol. The summed E-state index contributed by atoms with van der Waals surface area (Å²) in [6.45, 7) is 4.01. The summed E-state index contributed by atoms with van der Waals surface area (Å²) < 4.78 is 3.60. The number of allylic oxidation sites excluding steroid dienone is 1. The summed E-state index contributed by atoms with van der Waals surface area (Å²) >= 11 is 0. The lowest BCUT2D eigenvalue weighted by Crippen LogP contribution is -1.74. The van der Waals surface area contributed by atoms with Gasteiger partial charge in [0.2, 0.25) is 0 Å². The topological polar surface area (TPSA) is 110 Å². The molecule has 6 nitrogen and oxygen atoms in total. The standard InChI is InChI=1S/C5H10O.H4O5P2/c1-5(2)3-4-6;1-6(2)5-7(3)4/h3-6H,1-2H3;1-4H. The fraction of sp³-hybridized carbons (Fsp3) is 0.600. The summed E-state index contributed by atoms with van der Waals surface area (Å²) in [4.78, 5) is 31.3. The first-order valence-electron chi connectivity index (χ1n) is 3.24. The van der Waals surface area contributed by atoms with Crippen molar-refractivity contribution in [2.75, 3.05) is 0 Å². The van der Waals surface area contributed by atoms with Crippen LogP contribution in [0.1, 0.15) is 13.8 Å². The van der Waals surface area contributed by atoms with Crippen LogP contribution in [-0.2, 0) is 4.31 Å². The average molecular weight is 232 g/mol. The molecule has 80 valence electrons. The van der Waals surface area contributed by atoms with Gasteiger partial charge in [0.05, 0.1) is 6.26 Å². The average Bonchev–Trinajstić information content (AvgIpc) is 1.83. The molecule has 0 aliphatic heterocycles. The van der Waals surface area contributed by atoms with Gasteiger partial charge in [-0.25, -0.2) is 4.31 Å². The third kappa shape index (κ3) is 24.5. The van der Waals surface area contributed by atoms with Crippen molar-refractivity contribution in [3.8, 4) is 0 Å². The Labute approximate surface area is 79.1 Å². The summed E-state index contributed by atoms with van der Waals surface area (Å²) in [5.41, 5.74) is 0. The fourth-order valence-corrected chi connectivity index (χ4v) is 0.760. The predicted molar refractivity (Wildman–Crippen MR) is 50.4 cm³/mol. The smallest absolute Gasteiger partial charge is 0.334 e. The highest BCUT2D eigenvalue weighted by Gasteiger charge is 2.05. The predicted octanol–water partition coefficient (Wildman–Crippen LogP) is 1.14. The summed E-state index contributed by atoms with van der Waals surface area (Å²) in [7, 11) is -5.22. The minimum absolute atomic E-state index is 0.468. The van der Waals surface area contributed by atoms with Crippen molar-refractivity contribution in [1.82, 2.24) is 0 Å². The molecule has 5 N–H and O–H groups in total. The largest absolute Gasteiger partial charge is 0.516 e. The molecule has 0 bridgehead atoms. The van der Waals surface area contributed by atoms with Crippen molar-refractivity contribution in [3.05, 3.63) is 12.3 Å². The molecule has 0 atom stereocenters. The maximum atomic E-state index is 8.06. The molecule has 0 aliphatic carbocycles. The Morgan fingerprint density at radius 1 is 1.08 bits per heavy atom. The van der Waals surface area contributed by atoms with E-state index in [-0.39, 0.29) is 0 Å². The summed E-state index contributed by atoms with van der Waals surface area (Å²) in [6.07, 6.45) is 2.80. The maximum absolute atomic E-state index is 8.06. The van der Waals surface area contributed by atoms with Gasteiger partial charge < -0.3 is 24.7 Å². The van der Waals surface area contributed by atoms with E-state index < -0.39 is 17.2 Å². The Bertz CT molecular complexity index is 120. The number of hydrogen-bond acceptors (Lipinski definition) is 6. The van der Waals surface area contributed by atoms with Gasteiger partial charge >= 0.3 is 17.2 Å². The van der Waals surface area contributed by atoms with E-state index in [1.807, 2.05) is 13.8 Å². The van der Waals surface area contributed by atoms with Crippen LogP contribution in [0.15, 0.2) is 12.3 Å². The second-order valence-corrected chi connectivity index (χ2v) is 3.84. The van der Waals surface area contributed by atoms with Gasteiger partial charge in [-0.05, 0) is 12.0 Å². The Hall–Kier alpha value is 0.200. The lowest BCUT2D eigenvalue weighted by atomic mass is 10.2. The van der Waals surface area contributed by atoms with Crippen LogP contribution in [0.4, 0.5) is 0 Å². The Balaban J connectivity index is 0. The van der Waals surface area contributed by atoms with E-state index in [9.17, 15) is 0 Å². The first-order chi connectivity index (χ1) is 5.90. The number of rotatable bonds is 3. The van der Waals surface area contributed by atoms with E-state index >= 15 is 0 Å². The highest BCUT2D eigenvalue weighted by molar-refractivity contribution is 7.53. The summed E-state index contributed by atoms with van der Waals surface area (Å²) in [5.74, 6) is 0.468. The minimum atomic E-state index is -2.61. The number of aliphatic hydroxyl groups excluding tert-OH is 1. The molecule has 0 heterocycles. The molecule has 0 spiro atoms. The first-order valence-corrected chi connectivity index (χ1v) is 5.58. The van der Waals surface area contributed by atoms with Crippen molar-refractivity contribution < 1.29 is 29.0 Å². The fourth-order valence-electron chi connectivity index (χ4n) is 0.237. The highest BCUT2D eigenvalue weighted by Crippen LogP contribution is 2.41. The van der Waals surface area contributed by atoms with Gasteiger partial charge in [-0.15, -0.1) is 0 Å². The van der Waals surface area contributed by atoms with E-state index in [2.05, 4.69) is 4.31 Å². The Kier molecular flexibility index (Phi) is 12.4. The Morgan fingerprint density at radius 3 is 1.46 bits per heavy atom. The van der Waals surface area contributed by atoms with Gasteiger partial charge in [-0.2, -0.15) is 0 Å². The second kappa shape index (κ2) is 10.3. The van der Waals surface area contributed by atoms with E-state index in [0.29, 0.717) is 5.92 Å². The molecular formula is C5H14O6P2. The molecule has 0 rings (SSSR count). The number of aliphatic hydroxyl groups is 1. The molecule has 0 saturated carbocycles. The zero-order valence-electron chi connectivity index (χ0n) is 7.27. The van der Waals surface area contributed by atoms with Gasteiger partial charge in [0.15, 0.2) is 0 Å². The lowest BCUT2D eigenvalue weighted by molar-refractivity contribution is 0.324. The molecule has 13 heavy (non-hydrogen) atoms. The van der Waals surface area contributed by atoms with Crippen LogP contribution in [0.5, 0.6) is 0 Å². The molecule has 0 aromatic rings. The van der Waals surface area contributed by atoms with E-state index in [1.165, 1.54) is 0 Å². The van der Waals surface area contributed by atoms with Crippen molar-refractivity contribution in [2.24, 2.45) is 5.92 Å². The summed E-state index contributed by atoms with van der Waals surface area (Å²) in [5, 5.41) is 8.06. The van der Waals surface area contributed by atoms with E-state index in [0.717, 1.165) is 6.26 Å². The van der Waals surface area contributed by atoms with Crippen molar-refractivity contribution in [2.45, 2.75) is 13.8 Å². The maximum Gasteiger partial charge on any atom is 0.334 e. The van der Waals surface area contributed by atoms with Gasteiger partial charge in [-0.3, -0.25) is 0 Å². The molecule has 0 aromatic heterocycles. The van der Waals surface area contributed by atoms with Crippen molar-refractivity contribution in [1.29, 1.82) is 0 Å². The SMILES string of the molecule is CC(C)C=CO.OP(O)OP(O)O. The molecule has 0 aromatic carbocycles. The van der Waals surface area contributed by atoms with Crippen LogP contribution >= 0.6 is 17.2 Å². The van der Waals surface area contributed by atoms with Crippen molar-refractivity contribution in [3.63, 3.8) is 0 Å². The summed E-state index contributed by atoms with van der Waals surface area (Å²) in [6, 6.07) is 0. The normalized spacial score (nSPS) is 11.2. The van der Waals surface area contributed by atoms with Gasteiger partial charge in [0, 0.05) is 0 Å². The lowest BCUT2D eigenvalue weighted by Gasteiger charge is -2.00. The quantitative estimate of drug-likeness (QED) is 0.368. The van der Waals surface area contributed by atoms with Crippen LogP contribution in [0.3, 0.4) is 0 Å². The third-order valence-corrected chi connectivity index (χ3v) is 1.79. The Morgan fingerprint density at radius 2 is 1.46 bits per heavy atom. The highest BCUT2D eigenvalue weighted by atomic mass is 31.2. The molecule has 0 aliphatic rings. The second-order valence-electron chi connectivity index (χ2n) is 2.17. The zero-order chi connectivity index (χ0) is 10.9. The molecule has 0 unspecified atom stereocenters. The first kappa shape index (κ1) is 15.7. The van der Waals surface area contributed by atoms with Gasteiger partial charge in [0.1, 0.15) is 0 Å². The van der Waals surface area contributed by atoms with Crippen LogP contribution in [0, 0.1) is 5.92 Å². The van der Waals surface area contributed by atoms with E-state index in [4.69, 9.17) is 24.7 Å².